The van der Waals surface area contributed by atoms with Crippen LogP contribution in [0.5, 0.6) is 0 Å². The van der Waals surface area contributed by atoms with Crippen molar-refractivity contribution < 1.29 is 9.21 Å². The predicted octanol–water partition coefficient (Wildman–Crippen LogP) is 1.88. The van der Waals surface area contributed by atoms with Crippen LogP contribution in [0.4, 0.5) is 0 Å². The minimum absolute atomic E-state index is 0.662. The summed E-state index contributed by atoms with van der Waals surface area (Å²) in [5.74, 6) is 0.713. The molecule has 0 saturated heterocycles. The zero-order valence-corrected chi connectivity index (χ0v) is 5.70. The molecule has 10 heavy (non-hydrogen) atoms. The Bertz CT molecular complexity index is 232. The predicted molar refractivity (Wildman–Crippen MR) is 38.4 cm³/mol. The lowest BCUT2D eigenvalue weighted by atomic mass is 10.3. The molecule has 2 heteroatoms. The van der Waals surface area contributed by atoms with Gasteiger partial charge in [0.05, 0.1) is 6.26 Å². The van der Waals surface area contributed by atoms with Gasteiger partial charge in [0.25, 0.3) is 0 Å². The van der Waals surface area contributed by atoms with Crippen LogP contribution in [0.3, 0.4) is 0 Å². The average Bonchev–Trinajstić information content (AvgIpc) is 2.40. The quantitative estimate of drug-likeness (QED) is 0.459. The molecule has 0 aromatic carbocycles. The first-order valence-corrected chi connectivity index (χ1v) is 3.00. The van der Waals surface area contributed by atoms with Crippen LogP contribution in [-0.2, 0) is 4.79 Å². The van der Waals surface area contributed by atoms with Gasteiger partial charge in [-0.1, -0.05) is 0 Å². The van der Waals surface area contributed by atoms with E-state index in [2.05, 4.69) is 0 Å². The molecule has 0 radical (unpaired) electrons. The van der Waals surface area contributed by atoms with Crippen LogP contribution in [0.2, 0.25) is 0 Å². The van der Waals surface area contributed by atoms with Gasteiger partial charge < -0.3 is 4.42 Å². The number of carbonyl (C=O) groups excluding carboxylic acids is 1. The number of allylic oxidation sites excluding steroid dienone is 1. The van der Waals surface area contributed by atoms with Gasteiger partial charge in [0.2, 0.25) is 0 Å². The fraction of sp³-hybridized carbons (Fsp3) is 0.125. The molecule has 0 fully saturated rings. The minimum atomic E-state index is 0.662. The fourth-order valence-corrected chi connectivity index (χ4v) is 0.632. The van der Waals surface area contributed by atoms with Crippen molar-refractivity contribution in [2.45, 2.75) is 6.92 Å². The molecule has 1 aromatic heterocycles. The largest absolute Gasteiger partial charge is 0.465 e. The molecule has 1 rings (SSSR count). The Morgan fingerprint density at radius 3 is 3.00 bits per heavy atom. The first kappa shape index (κ1) is 6.81. The molecule has 0 N–H and O–H groups in total. The molecule has 0 unspecified atom stereocenters. The van der Waals surface area contributed by atoms with Gasteiger partial charge >= 0.3 is 0 Å². The summed E-state index contributed by atoms with van der Waals surface area (Å²) in [5.41, 5.74) is 0.662. The van der Waals surface area contributed by atoms with E-state index in [0.717, 1.165) is 6.29 Å². The SMILES string of the molecule is C/C(C=O)=C/c1ccco1. The number of hydrogen-bond donors (Lipinski definition) is 0. The van der Waals surface area contributed by atoms with Crippen LogP contribution < -0.4 is 0 Å². The summed E-state index contributed by atoms with van der Waals surface area (Å²) in [4.78, 5) is 10.1. The molecule has 0 aliphatic rings. The van der Waals surface area contributed by atoms with E-state index >= 15 is 0 Å². The summed E-state index contributed by atoms with van der Waals surface area (Å²) in [6.07, 6.45) is 4.05. The zero-order chi connectivity index (χ0) is 7.40. The summed E-state index contributed by atoms with van der Waals surface area (Å²) in [5, 5.41) is 0. The molecule has 0 spiro atoms. The lowest BCUT2D eigenvalue weighted by molar-refractivity contribution is -0.104. The molecule has 1 aromatic rings. The molecule has 52 valence electrons. The second kappa shape index (κ2) is 3.01. The van der Waals surface area contributed by atoms with Gasteiger partial charge in [-0.15, -0.1) is 0 Å². The Hall–Kier alpha value is -1.31. The normalized spacial score (nSPS) is 11.5. The van der Waals surface area contributed by atoms with Crippen molar-refractivity contribution in [3.8, 4) is 0 Å². The standard InChI is InChI=1S/C8H8O2/c1-7(6-9)5-8-3-2-4-10-8/h2-6H,1H3/b7-5-. The molecular weight excluding hydrogens is 128 g/mol. The summed E-state index contributed by atoms with van der Waals surface area (Å²) >= 11 is 0. The van der Waals surface area contributed by atoms with Crippen molar-refractivity contribution in [3.05, 3.63) is 29.7 Å². The number of carbonyl (C=O) groups is 1. The maximum absolute atomic E-state index is 10.1. The van der Waals surface area contributed by atoms with E-state index in [-0.39, 0.29) is 0 Å². The van der Waals surface area contributed by atoms with E-state index in [0.29, 0.717) is 11.3 Å². The summed E-state index contributed by atoms with van der Waals surface area (Å²) in [6.45, 7) is 1.73. The molecule has 1 heterocycles. The van der Waals surface area contributed by atoms with Gasteiger partial charge in [-0.3, -0.25) is 4.79 Å². The van der Waals surface area contributed by atoms with Crippen molar-refractivity contribution in [2.24, 2.45) is 0 Å². The molecule has 2 nitrogen and oxygen atoms in total. The highest BCUT2D eigenvalue weighted by atomic mass is 16.3. The van der Waals surface area contributed by atoms with Crippen LogP contribution in [0.25, 0.3) is 6.08 Å². The third-order valence-electron chi connectivity index (χ3n) is 1.10. The maximum Gasteiger partial charge on any atom is 0.145 e. The van der Waals surface area contributed by atoms with E-state index in [1.165, 1.54) is 0 Å². The molecule has 0 aliphatic carbocycles. The third-order valence-corrected chi connectivity index (χ3v) is 1.10. The lowest BCUT2D eigenvalue weighted by Gasteiger charge is -1.83. The zero-order valence-electron chi connectivity index (χ0n) is 5.70. The number of hydrogen-bond acceptors (Lipinski definition) is 2. The Kier molecular flexibility index (Phi) is 2.05. The van der Waals surface area contributed by atoms with Crippen molar-refractivity contribution in [3.63, 3.8) is 0 Å². The van der Waals surface area contributed by atoms with Gasteiger partial charge in [-0.25, -0.2) is 0 Å². The minimum Gasteiger partial charge on any atom is -0.465 e. The molecule has 0 atom stereocenters. The Morgan fingerprint density at radius 1 is 1.70 bits per heavy atom. The highest BCUT2D eigenvalue weighted by Gasteiger charge is 1.89. The van der Waals surface area contributed by atoms with Crippen molar-refractivity contribution in [1.82, 2.24) is 0 Å². The van der Waals surface area contributed by atoms with Crippen molar-refractivity contribution in [1.29, 1.82) is 0 Å². The third kappa shape index (κ3) is 1.58. The monoisotopic (exact) mass is 136 g/mol. The first-order valence-electron chi connectivity index (χ1n) is 3.00. The van der Waals surface area contributed by atoms with Gasteiger partial charge in [0, 0.05) is 0 Å². The van der Waals surface area contributed by atoms with Crippen LogP contribution in [0.1, 0.15) is 12.7 Å². The van der Waals surface area contributed by atoms with Gasteiger partial charge in [-0.2, -0.15) is 0 Å². The van der Waals surface area contributed by atoms with Crippen LogP contribution in [0, 0.1) is 0 Å². The topological polar surface area (TPSA) is 30.2 Å². The van der Waals surface area contributed by atoms with Crippen molar-refractivity contribution >= 4 is 12.4 Å². The van der Waals surface area contributed by atoms with Gasteiger partial charge in [0.15, 0.2) is 0 Å². The fourth-order valence-electron chi connectivity index (χ4n) is 0.632. The second-order valence-electron chi connectivity index (χ2n) is 2.02. The number of furan rings is 1. The molecular formula is C8H8O2. The molecule has 0 bridgehead atoms. The smallest absolute Gasteiger partial charge is 0.145 e. The van der Waals surface area contributed by atoms with Gasteiger partial charge in [-0.05, 0) is 30.7 Å². The van der Waals surface area contributed by atoms with Crippen LogP contribution >= 0.6 is 0 Å². The van der Waals surface area contributed by atoms with E-state index in [1.807, 2.05) is 0 Å². The van der Waals surface area contributed by atoms with Gasteiger partial charge in [0.1, 0.15) is 12.0 Å². The number of rotatable bonds is 2. The van der Waals surface area contributed by atoms with E-state index < -0.39 is 0 Å². The Morgan fingerprint density at radius 2 is 2.50 bits per heavy atom. The van der Waals surface area contributed by atoms with Crippen molar-refractivity contribution in [2.75, 3.05) is 0 Å². The summed E-state index contributed by atoms with van der Waals surface area (Å²) < 4.78 is 4.97. The van der Waals surface area contributed by atoms with E-state index in [1.54, 1.807) is 31.4 Å². The Balaban J connectivity index is 2.80. The Labute approximate surface area is 59.2 Å². The van der Waals surface area contributed by atoms with E-state index in [9.17, 15) is 4.79 Å². The summed E-state index contributed by atoms with van der Waals surface area (Å²) in [6, 6.07) is 3.58. The number of aldehydes is 1. The molecule has 0 aliphatic heterocycles. The first-order chi connectivity index (χ1) is 4.83. The van der Waals surface area contributed by atoms with Crippen LogP contribution in [0.15, 0.2) is 28.4 Å². The maximum atomic E-state index is 10.1. The average molecular weight is 136 g/mol. The lowest BCUT2D eigenvalue weighted by Crippen LogP contribution is -1.73. The molecule has 0 amide bonds. The highest BCUT2D eigenvalue weighted by Crippen LogP contribution is 2.04. The van der Waals surface area contributed by atoms with Crippen LogP contribution in [-0.4, -0.2) is 6.29 Å². The second-order valence-corrected chi connectivity index (χ2v) is 2.02. The van der Waals surface area contributed by atoms with E-state index in [4.69, 9.17) is 4.42 Å². The molecule has 0 saturated carbocycles. The summed E-state index contributed by atoms with van der Waals surface area (Å²) in [7, 11) is 0. The highest BCUT2D eigenvalue weighted by molar-refractivity contribution is 5.79.